The van der Waals surface area contributed by atoms with Gasteiger partial charge in [-0.2, -0.15) is 0 Å². The number of carbonyl (C=O) groups is 3. The molecule has 1 aromatic carbocycles. The second kappa shape index (κ2) is 15.2. The van der Waals surface area contributed by atoms with Crippen molar-refractivity contribution >= 4 is 43.7 Å². The molecule has 4 bridgehead atoms. The van der Waals surface area contributed by atoms with E-state index in [4.69, 9.17) is 35.3 Å². The van der Waals surface area contributed by atoms with Crippen molar-refractivity contribution in [1.82, 2.24) is 10.6 Å². The van der Waals surface area contributed by atoms with E-state index in [2.05, 4.69) is 10.6 Å². The minimum atomic E-state index is -2.30. The lowest BCUT2D eigenvalue weighted by Gasteiger charge is -2.42. The van der Waals surface area contributed by atoms with Crippen molar-refractivity contribution in [2.75, 3.05) is 32.7 Å². The summed E-state index contributed by atoms with van der Waals surface area (Å²) < 4.78 is 29.2. The van der Waals surface area contributed by atoms with Gasteiger partial charge in [0.05, 0.1) is 25.3 Å². The molecule has 50 heavy (non-hydrogen) atoms. The van der Waals surface area contributed by atoms with Crippen molar-refractivity contribution in [2.24, 2.45) is 5.92 Å². The Kier molecular flexibility index (Phi) is 12.1. The first kappa shape index (κ1) is 39.6. The predicted octanol–water partition coefficient (Wildman–Crippen LogP) is 4.83. The van der Waals surface area contributed by atoms with E-state index in [9.17, 15) is 24.3 Å². The quantitative estimate of drug-likeness (QED) is 0.173. The monoisotopic (exact) mass is 737 g/mol. The molecule has 0 saturated carbocycles. The van der Waals surface area contributed by atoms with E-state index < -0.39 is 67.6 Å². The van der Waals surface area contributed by atoms with Gasteiger partial charge >= 0.3 is 12.2 Å². The predicted molar refractivity (Wildman–Crippen MR) is 191 cm³/mol. The molecule has 15 heteroatoms. The largest absolute Gasteiger partial charge is 0.495 e. The minimum absolute atomic E-state index is 0.0320. The Hall–Kier alpha value is -3.14. The van der Waals surface area contributed by atoms with Crippen LogP contribution in [-0.4, -0.2) is 99.4 Å². The zero-order chi connectivity index (χ0) is 37.2. The van der Waals surface area contributed by atoms with Crippen LogP contribution in [0.15, 0.2) is 35.9 Å². The highest BCUT2D eigenvalue weighted by Gasteiger charge is 2.69. The third-order valence-corrected chi connectivity index (χ3v) is 12.0. The van der Waals surface area contributed by atoms with E-state index in [1.54, 1.807) is 39.1 Å². The standard InChI is InChI=1S/C35H52ClN3O10Si/c1-21-12-10-13-27(46-7)35(43)19-26(47-32(42)38-35)22(2)30-34(4,48-30)33(3,49-31(41)37-14-11-15-50(8,9)44)20-28(40)39(5)24-17-23(16-21)18-25(45-6)29(24)36/h10,12-13,17-18,22,26-27,30,43-44H,11,14-16,19-20H2,1-9H3,(H,37,41)(H,38,42)/b13-10+,21-12+/t22-,26+,27-,30+,33-,34-,35+/m1/s1. The van der Waals surface area contributed by atoms with E-state index >= 15 is 0 Å². The SMILES string of the molecule is COc1cc2cc(c1Cl)N(C)C(=O)C[C@@](C)(OC(=O)NCCC[Si](C)(C)O)[C@]1(C)O[C@H]1[C@H](C)[C@@H]1C[C@@](O)(NC(=O)O1)[C@H](OC)/C=C/C=C(\C)C2. The lowest BCUT2D eigenvalue weighted by atomic mass is 9.78. The van der Waals surface area contributed by atoms with Crippen LogP contribution < -0.4 is 20.3 Å². The van der Waals surface area contributed by atoms with Crippen LogP contribution in [0.25, 0.3) is 0 Å². The molecule has 3 aliphatic heterocycles. The number of ether oxygens (including phenoxy) is 5. The average Bonchev–Trinajstić information content (AvgIpc) is 3.73. The van der Waals surface area contributed by atoms with Gasteiger partial charge in [-0.05, 0) is 70.4 Å². The minimum Gasteiger partial charge on any atom is -0.495 e. The first-order valence-corrected chi connectivity index (χ1v) is 20.4. The van der Waals surface area contributed by atoms with Crippen molar-refractivity contribution in [2.45, 2.75) is 108 Å². The van der Waals surface area contributed by atoms with E-state index in [1.807, 2.05) is 39.1 Å². The number of amides is 3. The number of nitrogens with one attached hydrogen (secondary N) is 2. The van der Waals surface area contributed by atoms with Crippen molar-refractivity contribution in [3.8, 4) is 5.75 Å². The van der Waals surface area contributed by atoms with E-state index in [-0.39, 0.29) is 24.4 Å². The molecular formula is C35H52ClN3O10Si. The number of fused-ring (bicyclic) bond motifs is 5. The Labute approximate surface area is 300 Å². The Morgan fingerprint density at radius 2 is 1.94 bits per heavy atom. The fourth-order valence-corrected chi connectivity index (χ4v) is 8.11. The fraction of sp³-hybridized carbons (Fsp3) is 0.629. The van der Waals surface area contributed by atoms with E-state index in [0.717, 1.165) is 11.1 Å². The lowest BCUT2D eigenvalue weighted by Crippen LogP contribution is -2.63. The Morgan fingerprint density at radius 3 is 2.58 bits per heavy atom. The number of aliphatic hydroxyl groups is 1. The van der Waals surface area contributed by atoms with Crippen LogP contribution in [0, 0.1) is 5.92 Å². The van der Waals surface area contributed by atoms with Gasteiger partial charge in [0.1, 0.15) is 28.6 Å². The summed E-state index contributed by atoms with van der Waals surface area (Å²) in [4.78, 5) is 51.9. The molecule has 13 nitrogen and oxygen atoms in total. The number of halogens is 1. The Balaban J connectivity index is 1.76. The average molecular weight is 738 g/mol. The molecule has 278 valence electrons. The lowest BCUT2D eigenvalue weighted by molar-refractivity contribution is -0.142. The van der Waals surface area contributed by atoms with E-state index in [0.29, 0.717) is 30.3 Å². The zero-order valence-corrected chi connectivity index (χ0v) is 32.2. The smallest absolute Gasteiger partial charge is 0.409 e. The van der Waals surface area contributed by atoms with Crippen LogP contribution in [0.4, 0.5) is 15.3 Å². The number of rotatable bonds is 7. The number of allylic oxidation sites excluding steroid dienone is 3. The summed E-state index contributed by atoms with van der Waals surface area (Å²) in [5.41, 5.74) is -2.36. The van der Waals surface area contributed by atoms with Gasteiger partial charge in [0.2, 0.25) is 5.91 Å². The summed E-state index contributed by atoms with van der Waals surface area (Å²) in [6.07, 6.45) is 2.04. The van der Waals surface area contributed by atoms with Gasteiger partial charge in [0.15, 0.2) is 19.6 Å². The fourth-order valence-electron chi connectivity index (χ4n) is 6.76. The molecule has 7 atom stereocenters. The number of carbonyl (C=O) groups excluding carboxylic acids is 3. The highest BCUT2D eigenvalue weighted by atomic mass is 35.5. The van der Waals surface area contributed by atoms with Crippen LogP contribution in [0.5, 0.6) is 5.75 Å². The molecule has 3 heterocycles. The number of methoxy groups -OCH3 is 2. The number of hydrogen-bond acceptors (Lipinski definition) is 10. The van der Waals surface area contributed by atoms with Crippen LogP contribution in [0.3, 0.4) is 0 Å². The van der Waals surface area contributed by atoms with Crippen LogP contribution in [0.1, 0.15) is 52.5 Å². The van der Waals surface area contributed by atoms with Gasteiger partial charge in [-0.1, -0.05) is 42.3 Å². The maximum Gasteiger partial charge on any atom is 0.409 e. The molecule has 3 amide bonds. The second-order valence-electron chi connectivity index (χ2n) is 14.7. The van der Waals surface area contributed by atoms with Gasteiger partial charge in [0.25, 0.3) is 0 Å². The third kappa shape index (κ3) is 8.83. The van der Waals surface area contributed by atoms with Crippen LogP contribution in [0.2, 0.25) is 24.2 Å². The molecule has 4 rings (SSSR count). The molecule has 0 aliphatic carbocycles. The Bertz CT molecular complexity index is 1520. The van der Waals surface area contributed by atoms with Gasteiger partial charge in [0, 0.05) is 33.0 Å². The maximum absolute atomic E-state index is 14.1. The number of alkyl carbamates (subject to hydrolysis) is 2. The first-order chi connectivity index (χ1) is 23.3. The molecule has 0 radical (unpaired) electrons. The summed E-state index contributed by atoms with van der Waals surface area (Å²) >= 11 is 6.75. The highest BCUT2D eigenvalue weighted by Crippen LogP contribution is 2.54. The summed E-state index contributed by atoms with van der Waals surface area (Å²) in [6, 6.07) is 4.20. The summed E-state index contributed by atoms with van der Waals surface area (Å²) in [5.74, 6) is -0.526. The number of hydrogen-bond donors (Lipinski definition) is 4. The molecule has 0 aromatic heterocycles. The van der Waals surface area contributed by atoms with E-state index in [1.165, 1.54) is 19.1 Å². The molecule has 2 fully saturated rings. The molecule has 0 spiro atoms. The number of benzene rings is 1. The van der Waals surface area contributed by atoms with Crippen molar-refractivity contribution < 1.29 is 48.0 Å². The van der Waals surface area contributed by atoms with Gasteiger partial charge in [-0.3, -0.25) is 10.1 Å². The van der Waals surface area contributed by atoms with Crippen LogP contribution >= 0.6 is 11.6 Å². The normalized spacial score (nSPS) is 33.6. The number of anilines is 1. The number of epoxide rings is 1. The molecule has 4 N–H and O–H groups in total. The second-order valence-corrected chi connectivity index (χ2v) is 19.2. The summed E-state index contributed by atoms with van der Waals surface area (Å²) in [6.45, 7) is 11.1. The molecule has 2 saturated heterocycles. The Morgan fingerprint density at radius 1 is 1.24 bits per heavy atom. The van der Waals surface area contributed by atoms with Crippen LogP contribution in [-0.2, 0) is 30.2 Å². The molecule has 0 unspecified atom stereocenters. The van der Waals surface area contributed by atoms with Gasteiger partial charge < -0.3 is 43.8 Å². The molecule has 3 aliphatic rings. The zero-order valence-electron chi connectivity index (χ0n) is 30.4. The van der Waals surface area contributed by atoms with Gasteiger partial charge in [-0.25, -0.2) is 9.59 Å². The highest BCUT2D eigenvalue weighted by molar-refractivity contribution is 6.69. The maximum atomic E-state index is 14.1. The third-order valence-electron chi connectivity index (χ3n) is 10.0. The van der Waals surface area contributed by atoms with Crippen molar-refractivity contribution in [1.29, 1.82) is 0 Å². The first-order valence-electron chi connectivity index (χ1n) is 16.8. The molecular weight excluding hydrogens is 686 g/mol. The van der Waals surface area contributed by atoms with Crippen molar-refractivity contribution in [3.05, 3.63) is 46.5 Å². The number of nitrogens with zero attached hydrogens (tertiary/aromatic N) is 1. The van der Waals surface area contributed by atoms with Crippen molar-refractivity contribution in [3.63, 3.8) is 0 Å². The van der Waals surface area contributed by atoms with Gasteiger partial charge in [-0.15, -0.1) is 0 Å². The summed E-state index contributed by atoms with van der Waals surface area (Å²) in [7, 11) is 2.23. The molecule has 1 aromatic rings. The topological polar surface area (TPSA) is 168 Å². The summed E-state index contributed by atoms with van der Waals surface area (Å²) in [5, 5.41) is 17.2.